The van der Waals surface area contributed by atoms with Crippen molar-refractivity contribution in [3.8, 4) is 5.75 Å². The fourth-order valence-electron chi connectivity index (χ4n) is 4.53. The average molecular weight is 516 g/mol. The Hall–Kier alpha value is -4.71. The summed E-state index contributed by atoms with van der Waals surface area (Å²) in [7, 11) is 5.35. The number of anilines is 5. The van der Waals surface area contributed by atoms with E-state index in [0.717, 1.165) is 24.1 Å². The van der Waals surface area contributed by atoms with Gasteiger partial charge in [0.2, 0.25) is 11.9 Å². The van der Waals surface area contributed by atoms with Gasteiger partial charge >= 0.3 is 0 Å². The molecule has 0 unspecified atom stereocenters. The lowest BCUT2D eigenvalue weighted by Crippen LogP contribution is -2.40. The summed E-state index contributed by atoms with van der Waals surface area (Å²) < 4.78 is 5.67. The standard InChI is InChI=1S/C26H29N9O3/c1-34(2)14-21(36)35-11-5-6-15-12-20(38-3)18(13-19(15)35)31-26-32-24-16(8-10-29-24)25(33-26)30-17-7-4-9-28-22(17)23(27)37/h4,7-10,12-13H,5-6,11,14H2,1-3H3,(H2,27,37)(H3,29,30,31,32,33). The molecule has 0 atom stereocenters. The van der Waals surface area contributed by atoms with Crippen molar-refractivity contribution in [2.75, 3.05) is 49.8 Å². The number of primary amides is 1. The van der Waals surface area contributed by atoms with Crippen molar-refractivity contribution in [2.45, 2.75) is 12.8 Å². The number of H-pyrrole nitrogens is 1. The summed E-state index contributed by atoms with van der Waals surface area (Å²) in [6.45, 7) is 0.968. The predicted octanol–water partition coefficient (Wildman–Crippen LogP) is 2.79. The van der Waals surface area contributed by atoms with Gasteiger partial charge in [0.05, 0.1) is 30.4 Å². The van der Waals surface area contributed by atoms with Gasteiger partial charge < -0.3 is 35.9 Å². The quantitative estimate of drug-likeness (QED) is 0.277. The maximum Gasteiger partial charge on any atom is 0.269 e. The first-order valence-corrected chi connectivity index (χ1v) is 12.1. The third-order valence-corrected chi connectivity index (χ3v) is 6.23. The van der Waals surface area contributed by atoms with Gasteiger partial charge in [-0.3, -0.25) is 9.59 Å². The van der Waals surface area contributed by atoms with Gasteiger partial charge in [-0.25, -0.2) is 4.98 Å². The summed E-state index contributed by atoms with van der Waals surface area (Å²) in [5.74, 6) is 0.724. The van der Waals surface area contributed by atoms with Gasteiger partial charge in [0.1, 0.15) is 17.2 Å². The number of rotatable bonds is 8. The van der Waals surface area contributed by atoms with E-state index in [1.807, 2.05) is 42.1 Å². The smallest absolute Gasteiger partial charge is 0.269 e. The number of carbonyl (C=O) groups is 2. The van der Waals surface area contributed by atoms with Gasteiger partial charge in [-0.2, -0.15) is 9.97 Å². The molecular formula is C26H29N9O3. The van der Waals surface area contributed by atoms with Crippen LogP contribution in [0, 0.1) is 0 Å². The molecule has 38 heavy (non-hydrogen) atoms. The lowest BCUT2D eigenvalue weighted by Gasteiger charge is -2.31. The highest BCUT2D eigenvalue weighted by Gasteiger charge is 2.25. The van der Waals surface area contributed by atoms with E-state index >= 15 is 0 Å². The summed E-state index contributed by atoms with van der Waals surface area (Å²) in [5.41, 5.74) is 9.11. The topological polar surface area (TPSA) is 154 Å². The molecule has 0 aliphatic carbocycles. The Morgan fingerprint density at radius 1 is 1.18 bits per heavy atom. The van der Waals surface area contributed by atoms with E-state index in [4.69, 9.17) is 10.5 Å². The fraction of sp³-hybridized carbons (Fsp3) is 0.269. The summed E-state index contributed by atoms with van der Waals surface area (Å²) in [6.07, 6.45) is 4.98. The summed E-state index contributed by atoms with van der Waals surface area (Å²) in [6, 6.07) is 9.09. The van der Waals surface area contributed by atoms with Crippen LogP contribution >= 0.6 is 0 Å². The SMILES string of the molecule is COc1cc2c(cc1Nc1nc(Nc3cccnc3C(N)=O)c3cc[nH]c3n1)N(C(=O)CN(C)C)CCC2. The molecule has 0 bridgehead atoms. The Morgan fingerprint density at radius 3 is 2.79 bits per heavy atom. The van der Waals surface area contributed by atoms with E-state index in [1.54, 1.807) is 25.4 Å². The van der Waals surface area contributed by atoms with Gasteiger partial charge in [-0.05, 0) is 62.8 Å². The molecule has 1 aromatic carbocycles. The third kappa shape index (κ3) is 4.93. The fourth-order valence-corrected chi connectivity index (χ4v) is 4.53. The average Bonchev–Trinajstić information content (AvgIpc) is 3.37. The summed E-state index contributed by atoms with van der Waals surface area (Å²) >= 11 is 0. The second kappa shape index (κ2) is 10.3. The number of nitrogens with zero attached hydrogens (tertiary/aromatic N) is 5. The van der Waals surface area contributed by atoms with Crippen LogP contribution in [0.3, 0.4) is 0 Å². The highest BCUT2D eigenvalue weighted by Crippen LogP contribution is 2.38. The zero-order chi connectivity index (χ0) is 26.8. The molecular weight excluding hydrogens is 486 g/mol. The lowest BCUT2D eigenvalue weighted by molar-refractivity contribution is -0.119. The number of hydrogen-bond donors (Lipinski definition) is 4. The maximum absolute atomic E-state index is 13.0. The number of nitrogens with two attached hydrogens (primary N) is 1. The van der Waals surface area contributed by atoms with Crippen LogP contribution in [0.4, 0.5) is 28.8 Å². The van der Waals surface area contributed by atoms with Crippen LogP contribution in [0.15, 0.2) is 42.7 Å². The number of aryl methyl sites for hydroxylation is 1. The zero-order valence-electron chi connectivity index (χ0n) is 21.4. The molecule has 4 heterocycles. The van der Waals surface area contributed by atoms with Crippen molar-refractivity contribution in [1.29, 1.82) is 0 Å². The normalized spacial score (nSPS) is 12.9. The van der Waals surface area contributed by atoms with Gasteiger partial charge in [-0.1, -0.05) is 0 Å². The van der Waals surface area contributed by atoms with E-state index in [9.17, 15) is 9.59 Å². The molecule has 2 amide bonds. The van der Waals surface area contributed by atoms with Gasteiger partial charge in [0.15, 0.2) is 5.69 Å². The van der Waals surface area contributed by atoms with Crippen LogP contribution in [0.2, 0.25) is 0 Å². The zero-order valence-corrected chi connectivity index (χ0v) is 21.4. The highest BCUT2D eigenvalue weighted by molar-refractivity contribution is 5.99. The molecule has 12 nitrogen and oxygen atoms in total. The van der Waals surface area contributed by atoms with Crippen molar-refractivity contribution in [3.05, 3.63) is 54.0 Å². The Labute approximate surface area is 219 Å². The molecule has 1 aliphatic heterocycles. The molecule has 5 rings (SSSR count). The Kier molecular flexibility index (Phi) is 6.79. The molecule has 3 aromatic heterocycles. The molecule has 12 heteroatoms. The molecule has 0 saturated carbocycles. The molecule has 5 N–H and O–H groups in total. The van der Waals surface area contributed by atoms with Crippen LogP contribution < -0.4 is 26.0 Å². The minimum atomic E-state index is -0.655. The summed E-state index contributed by atoms with van der Waals surface area (Å²) in [4.78, 5) is 45.0. The molecule has 0 radical (unpaired) electrons. The van der Waals surface area contributed by atoms with Crippen LogP contribution in [-0.4, -0.2) is 70.9 Å². The number of benzene rings is 1. The number of pyridine rings is 1. The van der Waals surface area contributed by atoms with Gasteiger partial charge in [-0.15, -0.1) is 0 Å². The Bertz CT molecular complexity index is 1520. The van der Waals surface area contributed by atoms with E-state index in [2.05, 4.69) is 30.6 Å². The van der Waals surface area contributed by atoms with Crippen LogP contribution in [-0.2, 0) is 11.2 Å². The van der Waals surface area contributed by atoms with Gasteiger partial charge in [0, 0.05) is 24.6 Å². The number of nitrogens with one attached hydrogen (secondary N) is 3. The van der Waals surface area contributed by atoms with E-state index in [1.165, 1.54) is 6.20 Å². The third-order valence-electron chi connectivity index (χ3n) is 6.23. The second-order valence-corrected chi connectivity index (χ2v) is 9.22. The first kappa shape index (κ1) is 25.0. The first-order chi connectivity index (χ1) is 18.3. The van der Waals surface area contributed by atoms with Gasteiger partial charge in [0.25, 0.3) is 5.91 Å². The second-order valence-electron chi connectivity index (χ2n) is 9.22. The van der Waals surface area contributed by atoms with Crippen molar-refractivity contribution in [1.82, 2.24) is 24.8 Å². The number of fused-ring (bicyclic) bond motifs is 2. The molecule has 0 spiro atoms. The predicted molar refractivity (Wildman–Crippen MR) is 145 cm³/mol. The van der Waals surface area contributed by atoms with E-state index < -0.39 is 5.91 Å². The van der Waals surface area contributed by atoms with Crippen molar-refractivity contribution in [2.24, 2.45) is 5.73 Å². The van der Waals surface area contributed by atoms with E-state index in [-0.39, 0.29) is 17.5 Å². The largest absolute Gasteiger partial charge is 0.495 e. The number of amides is 2. The molecule has 0 saturated heterocycles. The number of ether oxygens (including phenoxy) is 1. The number of methoxy groups -OCH3 is 1. The monoisotopic (exact) mass is 515 g/mol. The molecule has 4 aromatic rings. The van der Waals surface area contributed by atoms with Crippen molar-refractivity contribution in [3.63, 3.8) is 0 Å². The number of aromatic nitrogens is 4. The van der Waals surface area contributed by atoms with Crippen LogP contribution in [0.1, 0.15) is 22.5 Å². The highest BCUT2D eigenvalue weighted by atomic mass is 16.5. The Balaban J connectivity index is 1.52. The minimum Gasteiger partial charge on any atom is -0.495 e. The lowest BCUT2D eigenvalue weighted by atomic mass is 10.00. The number of hydrogen-bond acceptors (Lipinski definition) is 9. The molecule has 0 fully saturated rings. The van der Waals surface area contributed by atoms with Crippen LogP contribution in [0.25, 0.3) is 11.0 Å². The number of carbonyl (C=O) groups excluding carboxylic acids is 2. The van der Waals surface area contributed by atoms with Crippen LogP contribution in [0.5, 0.6) is 5.75 Å². The first-order valence-electron chi connectivity index (χ1n) is 12.1. The number of aromatic amines is 1. The number of likely N-dealkylation sites (N-methyl/N-ethyl adjacent to an activating group) is 1. The molecule has 196 valence electrons. The minimum absolute atomic E-state index is 0.0318. The maximum atomic E-state index is 13.0. The van der Waals surface area contributed by atoms with E-state index in [0.29, 0.717) is 47.1 Å². The van der Waals surface area contributed by atoms with Crippen molar-refractivity contribution >= 4 is 51.7 Å². The Morgan fingerprint density at radius 2 is 2.03 bits per heavy atom. The summed E-state index contributed by atoms with van der Waals surface area (Å²) in [5, 5.41) is 7.14. The van der Waals surface area contributed by atoms with Crippen molar-refractivity contribution < 1.29 is 14.3 Å². The molecule has 1 aliphatic rings.